The number of aromatic nitrogens is 5. The first-order chi connectivity index (χ1) is 11.7. The number of hydrogen-bond donors (Lipinski definition) is 3. The number of nitrogens with zero attached hydrogens (tertiary/aromatic N) is 4. The van der Waals surface area contributed by atoms with Gasteiger partial charge in [-0.25, -0.2) is 10.1 Å². The lowest BCUT2D eigenvalue weighted by molar-refractivity contribution is 0.211. The SMILES string of the molecule is COc1ccc(/C=N/Nc2nc(=S)[nH][nH]2)cc1OCn1cccn1. The number of H-pyrrole nitrogens is 2. The molecule has 0 aliphatic heterocycles. The largest absolute Gasteiger partial charge is 0.493 e. The second kappa shape index (κ2) is 7.42. The van der Waals surface area contributed by atoms with E-state index < -0.39 is 0 Å². The number of hydrogen-bond acceptors (Lipinski definition) is 7. The van der Waals surface area contributed by atoms with Gasteiger partial charge in [0.15, 0.2) is 18.2 Å². The molecular formula is C14H15N7O2S. The Morgan fingerprint density at radius 1 is 1.38 bits per heavy atom. The fraction of sp³-hybridized carbons (Fsp3) is 0.143. The van der Waals surface area contributed by atoms with Crippen molar-refractivity contribution in [1.29, 1.82) is 0 Å². The van der Waals surface area contributed by atoms with E-state index in [1.165, 1.54) is 0 Å². The maximum atomic E-state index is 5.74. The summed E-state index contributed by atoms with van der Waals surface area (Å²) in [4.78, 5) is 3.97. The molecule has 2 aromatic heterocycles. The Kier molecular flexibility index (Phi) is 4.87. The number of rotatable bonds is 7. The van der Waals surface area contributed by atoms with Crippen molar-refractivity contribution >= 4 is 24.4 Å². The fourth-order valence-electron chi connectivity index (χ4n) is 1.89. The molecular weight excluding hydrogens is 330 g/mol. The zero-order chi connectivity index (χ0) is 16.8. The predicted molar refractivity (Wildman–Crippen MR) is 90.8 cm³/mol. The third-order valence-corrected chi connectivity index (χ3v) is 3.18. The summed E-state index contributed by atoms with van der Waals surface area (Å²) in [6.07, 6.45) is 5.14. The Bertz CT molecular complexity index is 869. The van der Waals surface area contributed by atoms with Crippen LogP contribution in [0.4, 0.5) is 5.95 Å². The van der Waals surface area contributed by atoms with Crippen LogP contribution in [0.25, 0.3) is 0 Å². The summed E-state index contributed by atoms with van der Waals surface area (Å²) in [6, 6.07) is 7.31. The number of ether oxygens (including phenoxy) is 2. The van der Waals surface area contributed by atoms with Gasteiger partial charge in [0.05, 0.1) is 13.3 Å². The van der Waals surface area contributed by atoms with Crippen LogP contribution < -0.4 is 14.9 Å². The summed E-state index contributed by atoms with van der Waals surface area (Å²) in [7, 11) is 1.59. The molecule has 9 nitrogen and oxygen atoms in total. The smallest absolute Gasteiger partial charge is 0.238 e. The van der Waals surface area contributed by atoms with E-state index in [9.17, 15) is 0 Å². The van der Waals surface area contributed by atoms with Crippen molar-refractivity contribution in [1.82, 2.24) is 25.0 Å². The van der Waals surface area contributed by atoms with Crippen LogP contribution in [0, 0.1) is 4.77 Å². The van der Waals surface area contributed by atoms with Gasteiger partial charge in [0, 0.05) is 12.4 Å². The first kappa shape index (κ1) is 15.7. The van der Waals surface area contributed by atoms with Crippen LogP contribution in [0.2, 0.25) is 0 Å². The molecule has 0 bridgehead atoms. The van der Waals surface area contributed by atoms with Crippen molar-refractivity contribution in [2.24, 2.45) is 5.10 Å². The summed E-state index contributed by atoms with van der Waals surface area (Å²) < 4.78 is 13.1. The van der Waals surface area contributed by atoms with Crippen molar-refractivity contribution in [3.05, 3.63) is 47.0 Å². The second-order valence-electron chi connectivity index (χ2n) is 4.61. The second-order valence-corrected chi connectivity index (χ2v) is 5.00. The molecule has 0 fully saturated rings. The molecule has 0 unspecified atom stereocenters. The minimum absolute atomic E-state index is 0.284. The van der Waals surface area contributed by atoms with Crippen LogP contribution in [0.1, 0.15) is 5.56 Å². The Labute approximate surface area is 142 Å². The van der Waals surface area contributed by atoms with Crippen molar-refractivity contribution in [3.63, 3.8) is 0 Å². The maximum absolute atomic E-state index is 5.74. The topological polar surface area (TPSA) is 105 Å². The molecule has 0 aliphatic carbocycles. The van der Waals surface area contributed by atoms with Gasteiger partial charge in [0.25, 0.3) is 0 Å². The van der Waals surface area contributed by atoms with Gasteiger partial charge >= 0.3 is 0 Å². The Balaban J connectivity index is 1.69. The predicted octanol–water partition coefficient (Wildman–Crippen LogP) is 2.15. The molecule has 124 valence electrons. The maximum Gasteiger partial charge on any atom is 0.238 e. The highest BCUT2D eigenvalue weighted by atomic mass is 32.1. The molecule has 10 heteroatoms. The van der Waals surface area contributed by atoms with Gasteiger partial charge in [-0.2, -0.15) is 15.2 Å². The van der Waals surface area contributed by atoms with Crippen LogP contribution in [-0.4, -0.2) is 38.3 Å². The van der Waals surface area contributed by atoms with Gasteiger partial charge < -0.3 is 9.47 Å². The van der Waals surface area contributed by atoms with Gasteiger partial charge in [0.1, 0.15) is 0 Å². The minimum atomic E-state index is 0.284. The number of benzene rings is 1. The van der Waals surface area contributed by atoms with Gasteiger partial charge in [0.2, 0.25) is 10.7 Å². The summed E-state index contributed by atoms with van der Waals surface area (Å²) in [5, 5.41) is 13.6. The molecule has 0 aliphatic rings. The summed E-state index contributed by atoms with van der Waals surface area (Å²) in [6.45, 7) is 0.284. The third kappa shape index (κ3) is 3.98. The summed E-state index contributed by atoms with van der Waals surface area (Å²) in [5.74, 6) is 1.65. The zero-order valence-corrected chi connectivity index (χ0v) is 13.6. The average molecular weight is 345 g/mol. The van der Waals surface area contributed by atoms with Crippen LogP contribution >= 0.6 is 12.2 Å². The molecule has 2 heterocycles. The van der Waals surface area contributed by atoms with Crippen molar-refractivity contribution in [2.45, 2.75) is 6.73 Å². The molecule has 3 N–H and O–H groups in total. The normalized spacial score (nSPS) is 10.9. The quantitative estimate of drug-likeness (QED) is 0.344. The summed E-state index contributed by atoms with van der Waals surface area (Å²) >= 11 is 4.86. The first-order valence-corrected chi connectivity index (χ1v) is 7.37. The first-order valence-electron chi connectivity index (χ1n) is 6.96. The molecule has 0 amide bonds. The number of aromatic amines is 2. The van der Waals surface area contributed by atoms with E-state index in [-0.39, 0.29) is 6.73 Å². The van der Waals surface area contributed by atoms with Gasteiger partial charge in [-0.1, -0.05) is 0 Å². The molecule has 3 rings (SSSR count). The van der Waals surface area contributed by atoms with E-state index in [1.54, 1.807) is 24.2 Å². The lowest BCUT2D eigenvalue weighted by Crippen LogP contribution is -2.06. The molecule has 0 atom stereocenters. The van der Waals surface area contributed by atoms with Crippen LogP contribution in [-0.2, 0) is 6.73 Å². The molecule has 24 heavy (non-hydrogen) atoms. The van der Waals surface area contributed by atoms with Crippen molar-refractivity contribution < 1.29 is 9.47 Å². The number of nitrogens with one attached hydrogen (secondary N) is 3. The Hall–Kier alpha value is -3.14. The number of hydrazone groups is 1. The van der Waals surface area contributed by atoms with Crippen LogP contribution in [0.3, 0.4) is 0 Å². The van der Waals surface area contributed by atoms with E-state index >= 15 is 0 Å². The molecule has 0 radical (unpaired) electrons. The van der Waals surface area contributed by atoms with Gasteiger partial charge in [-0.3, -0.25) is 10.2 Å². The fourth-order valence-corrected chi connectivity index (χ4v) is 2.03. The van der Waals surface area contributed by atoms with Gasteiger partial charge in [-0.15, -0.1) is 0 Å². The van der Waals surface area contributed by atoms with E-state index in [1.807, 2.05) is 30.5 Å². The van der Waals surface area contributed by atoms with Crippen molar-refractivity contribution in [2.75, 3.05) is 12.5 Å². The van der Waals surface area contributed by atoms with E-state index in [0.717, 1.165) is 5.56 Å². The van der Waals surface area contributed by atoms with E-state index in [0.29, 0.717) is 22.2 Å². The van der Waals surface area contributed by atoms with E-state index in [2.05, 4.69) is 30.8 Å². The zero-order valence-electron chi connectivity index (χ0n) is 12.8. The number of anilines is 1. The molecule has 0 spiro atoms. The third-order valence-electron chi connectivity index (χ3n) is 2.98. The Morgan fingerprint density at radius 2 is 2.29 bits per heavy atom. The lowest BCUT2D eigenvalue weighted by atomic mass is 10.2. The van der Waals surface area contributed by atoms with E-state index in [4.69, 9.17) is 21.7 Å². The molecule has 1 aromatic carbocycles. The lowest BCUT2D eigenvalue weighted by Gasteiger charge is -2.11. The number of methoxy groups -OCH3 is 1. The Morgan fingerprint density at radius 3 is 3.00 bits per heavy atom. The highest BCUT2D eigenvalue weighted by Gasteiger charge is 2.05. The average Bonchev–Trinajstić information content (AvgIpc) is 3.25. The highest BCUT2D eigenvalue weighted by molar-refractivity contribution is 7.71. The molecule has 0 saturated heterocycles. The van der Waals surface area contributed by atoms with Crippen LogP contribution in [0.5, 0.6) is 11.5 Å². The summed E-state index contributed by atoms with van der Waals surface area (Å²) in [5.41, 5.74) is 3.56. The standard InChI is InChI=1S/C14H15N7O2S/c1-22-11-4-3-10(8-15-18-13-17-14(24)20-19-13)7-12(11)23-9-21-6-2-5-16-21/h2-8H,9H2,1H3,(H3,17,18,19,20,24)/b15-8+. The molecule has 3 aromatic rings. The molecule has 0 saturated carbocycles. The van der Waals surface area contributed by atoms with Crippen molar-refractivity contribution in [3.8, 4) is 11.5 Å². The van der Waals surface area contributed by atoms with Crippen LogP contribution in [0.15, 0.2) is 41.8 Å². The minimum Gasteiger partial charge on any atom is -0.493 e. The monoisotopic (exact) mass is 345 g/mol. The van der Waals surface area contributed by atoms with Gasteiger partial charge in [-0.05, 0) is 42.0 Å². The highest BCUT2D eigenvalue weighted by Crippen LogP contribution is 2.27.